The molecule has 92 valence electrons. The van der Waals surface area contributed by atoms with Gasteiger partial charge in [-0.2, -0.15) is 8.42 Å². The summed E-state index contributed by atoms with van der Waals surface area (Å²) < 4.78 is 31.8. The van der Waals surface area contributed by atoms with Crippen molar-refractivity contribution in [2.75, 3.05) is 7.11 Å². The van der Waals surface area contributed by atoms with Crippen LogP contribution in [-0.2, 0) is 19.1 Å². The number of carbonyl (C=O) groups excluding carboxylic acids is 1. The topological polar surface area (TPSA) is 69.7 Å². The Bertz CT molecular complexity index is 527. The highest BCUT2D eigenvalue weighted by molar-refractivity contribution is 7.86. The molecule has 1 aromatic carbocycles. The highest BCUT2D eigenvalue weighted by Crippen LogP contribution is 2.17. The maximum absolute atomic E-state index is 11.3. The van der Waals surface area contributed by atoms with Gasteiger partial charge in [0.1, 0.15) is 5.75 Å². The molecule has 0 fully saturated rings. The van der Waals surface area contributed by atoms with Gasteiger partial charge in [-0.15, -0.1) is 0 Å². The SMILES string of the molecule is C=C(C)C(=O)Oc1ccc(S(=O)(=O)OC)cc1. The number of ether oxygens (including phenoxy) is 1. The van der Waals surface area contributed by atoms with E-state index in [1.54, 1.807) is 0 Å². The molecule has 0 bridgehead atoms. The Morgan fingerprint density at radius 1 is 1.24 bits per heavy atom. The fourth-order valence-electron chi connectivity index (χ4n) is 0.965. The van der Waals surface area contributed by atoms with Gasteiger partial charge in [-0.05, 0) is 31.2 Å². The Balaban J connectivity index is 2.90. The van der Waals surface area contributed by atoms with Gasteiger partial charge in [0.25, 0.3) is 10.1 Å². The average molecular weight is 256 g/mol. The molecular formula is C11H12O5S. The summed E-state index contributed by atoms with van der Waals surface area (Å²) in [6.07, 6.45) is 0. The van der Waals surface area contributed by atoms with E-state index in [0.29, 0.717) is 0 Å². The highest BCUT2D eigenvalue weighted by atomic mass is 32.2. The lowest BCUT2D eigenvalue weighted by Gasteiger charge is -2.05. The van der Waals surface area contributed by atoms with Gasteiger partial charge in [-0.25, -0.2) is 4.79 Å². The van der Waals surface area contributed by atoms with Crippen LogP contribution in [0, 0.1) is 0 Å². The van der Waals surface area contributed by atoms with Gasteiger partial charge in [0.05, 0.1) is 12.0 Å². The van der Waals surface area contributed by atoms with Gasteiger partial charge >= 0.3 is 5.97 Å². The van der Waals surface area contributed by atoms with Crippen molar-refractivity contribution in [2.45, 2.75) is 11.8 Å². The number of hydrogen-bond donors (Lipinski definition) is 0. The second-order valence-corrected chi connectivity index (χ2v) is 4.98. The molecule has 0 saturated carbocycles. The second kappa shape index (κ2) is 5.11. The smallest absolute Gasteiger partial charge is 0.338 e. The molecule has 0 aliphatic heterocycles. The van der Waals surface area contributed by atoms with Gasteiger partial charge in [0.15, 0.2) is 0 Å². The number of carbonyl (C=O) groups is 1. The zero-order valence-electron chi connectivity index (χ0n) is 9.47. The standard InChI is InChI=1S/C11H12O5S/c1-8(2)11(12)16-9-4-6-10(7-5-9)17(13,14)15-3/h4-7H,1H2,2-3H3. The minimum atomic E-state index is -3.72. The molecule has 1 aromatic rings. The molecule has 0 saturated heterocycles. The van der Waals surface area contributed by atoms with Crippen molar-refractivity contribution in [1.82, 2.24) is 0 Å². The van der Waals surface area contributed by atoms with Crippen molar-refractivity contribution in [1.29, 1.82) is 0 Å². The maximum atomic E-state index is 11.3. The van der Waals surface area contributed by atoms with E-state index in [1.807, 2.05) is 0 Å². The van der Waals surface area contributed by atoms with Crippen LogP contribution >= 0.6 is 0 Å². The van der Waals surface area contributed by atoms with Gasteiger partial charge in [0.2, 0.25) is 0 Å². The molecule has 0 radical (unpaired) electrons. The number of benzene rings is 1. The first-order valence-corrected chi connectivity index (χ1v) is 6.06. The summed E-state index contributed by atoms with van der Waals surface area (Å²) in [6, 6.07) is 5.32. The van der Waals surface area contributed by atoms with E-state index in [9.17, 15) is 13.2 Å². The summed E-state index contributed by atoms with van der Waals surface area (Å²) in [7, 11) is -2.64. The first-order chi connectivity index (χ1) is 7.86. The third kappa shape index (κ3) is 3.40. The van der Waals surface area contributed by atoms with Crippen molar-refractivity contribution < 1.29 is 22.1 Å². The molecule has 0 N–H and O–H groups in total. The lowest BCUT2D eigenvalue weighted by molar-refractivity contribution is -0.130. The molecule has 0 unspecified atom stereocenters. The molecular weight excluding hydrogens is 244 g/mol. The first-order valence-electron chi connectivity index (χ1n) is 4.65. The zero-order valence-corrected chi connectivity index (χ0v) is 10.3. The van der Waals surface area contributed by atoms with E-state index >= 15 is 0 Å². The van der Waals surface area contributed by atoms with Gasteiger partial charge in [0, 0.05) is 5.57 Å². The molecule has 6 heteroatoms. The molecule has 0 heterocycles. The van der Waals surface area contributed by atoms with E-state index in [4.69, 9.17) is 4.74 Å². The maximum Gasteiger partial charge on any atom is 0.338 e. The van der Waals surface area contributed by atoms with Gasteiger partial charge in [-0.3, -0.25) is 4.18 Å². The molecule has 0 spiro atoms. The van der Waals surface area contributed by atoms with Gasteiger partial charge < -0.3 is 4.74 Å². The minimum absolute atomic E-state index is 0.00451. The molecule has 17 heavy (non-hydrogen) atoms. The number of hydrogen-bond acceptors (Lipinski definition) is 5. The molecule has 0 aliphatic rings. The number of rotatable bonds is 4. The van der Waals surface area contributed by atoms with Crippen LogP contribution < -0.4 is 4.74 Å². The summed E-state index contributed by atoms with van der Waals surface area (Å²) >= 11 is 0. The Morgan fingerprint density at radius 2 is 1.76 bits per heavy atom. The first kappa shape index (κ1) is 13.4. The Morgan fingerprint density at radius 3 is 2.18 bits per heavy atom. The van der Waals surface area contributed by atoms with Crippen LogP contribution in [0.25, 0.3) is 0 Å². The van der Waals surface area contributed by atoms with Crippen molar-refractivity contribution in [2.24, 2.45) is 0 Å². The number of esters is 1. The van der Waals surface area contributed by atoms with Crippen LogP contribution in [0.15, 0.2) is 41.3 Å². The second-order valence-electron chi connectivity index (χ2n) is 3.26. The van der Waals surface area contributed by atoms with Crippen molar-refractivity contribution in [3.05, 3.63) is 36.4 Å². The van der Waals surface area contributed by atoms with Crippen LogP contribution in [-0.4, -0.2) is 21.5 Å². The molecule has 0 atom stereocenters. The quantitative estimate of drug-likeness (QED) is 0.353. The summed E-state index contributed by atoms with van der Waals surface area (Å²) in [4.78, 5) is 11.2. The van der Waals surface area contributed by atoms with Crippen LogP contribution in [0.1, 0.15) is 6.92 Å². The van der Waals surface area contributed by atoms with E-state index in [-0.39, 0.29) is 16.2 Å². The lowest BCUT2D eigenvalue weighted by Crippen LogP contribution is -2.08. The molecule has 0 amide bonds. The molecule has 0 aromatic heterocycles. The lowest BCUT2D eigenvalue weighted by atomic mass is 10.3. The Labute approximate surface area is 99.8 Å². The van der Waals surface area contributed by atoms with E-state index in [2.05, 4.69) is 10.8 Å². The zero-order chi connectivity index (χ0) is 13.1. The van der Waals surface area contributed by atoms with Crippen molar-refractivity contribution in [3.8, 4) is 5.75 Å². The van der Waals surface area contributed by atoms with Crippen LogP contribution in [0.4, 0.5) is 0 Å². The third-order valence-corrected chi connectivity index (χ3v) is 3.18. The fourth-order valence-corrected chi connectivity index (χ4v) is 1.63. The van der Waals surface area contributed by atoms with Crippen LogP contribution in [0.3, 0.4) is 0 Å². The molecule has 5 nitrogen and oxygen atoms in total. The molecule has 0 aliphatic carbocycles. The van der Waals surface area contributed by atoms with Crippen LogP contribution in [0.5, 0.6) is 5.75 Å². The largest absolute Gasteiger partial charge is 0.423 e. The van der Waals surface area contributed by atoms with Gasteiger partial charge in [-0.1, -0.05) is 6.58 Å². The predicted octanol–water partition coefficient (Wildman–Crippen LogP) is 1.50. The minimum Gasteiger partial charge on any atom is -0.423 e. The third-order valence-electron chi connectivity index (χ3n) is 1.89. The van der Waals surface area contributed by atoms with E-state index in [0.717, 1.165) is 7.11 Å². The van der Waals surface area contributed by atoms with Crippen LogP contribution in [0.2, 0.25) is 0 Å². The van der Waals surface area contributed by atoms with E-state index < -0.39 is 16.1 Å². The Kier molecular flexibility index (Phi) is 4.03. The normalized spacial score (nSPS) is 10.9. The average Bonchev–Trinajstić information content (AvgIpc) is 2.29. The predicted molar refractivity (Wildman–Crippen MR) is 61.1 cm³/mol. The van der Waals surface area contributed by atoms with Crippen molar-refractivity contribution in [3.63, 3.8) is 0 Å². The summed E-state index contributed by atoms with van der Waals surface area (Å²) in [6.45, 7) is 4.95. The highest BCUT2D eigenvalue weighted by Gasteiger charge is 2.13. The fraction of sp³-hybridized carbons (Fsp3) is 0.182. The summed E-state index contributed by atoms with van der Waals surface area (Å²) in [5, 5.41) is 0. The van der Waals surface area contributed by atoms with E-state index in [1.165, 1.54) is 31.2 Å². The summed E-state index contributed by atoms with van der Waals surface area (Å²) in [5.74, 6) is -0.319. The Hall–Kier alpha value is -1.66. The monoisotopic (exact) mass is 256 g/mol. The summed E-state index contributed by atoms with van der Waals surface area (Å²) in [5.41, 5.74) is 0.263. The van der Waals surface area contributed by atoms with Crippen molar-refractivity contribution >= 4 is 16.1 Å². The molecule has 1 rings (SSSR count).